The van der Waals surface area contributed by atoms with Crippen LogP contribution in [0.5, 0.6) is 11.5 Å². The van der Waals surface area contributed by atoms with Crippen molar-refractivity contribution in [1.82, 2.24) is 5.01 Å². The van der Waals surface area contributed by atoms with Gasteiger partial charge in [-0.25, -0.2) is 4.90 Å². The Morgan fingerprint density at radius 3 is 2.49 bits per heavy atom. The third kappa shape index (κ3) is 3.35. The number of carbonyl (C=O) groups is 3. The van der Waals surface area contributed by atoms with Gasteiger partial charge >= 0.3 is 0 Å². The molecular weight excluding hydrogens is 456 g/mol. The quantitative estimate of drug-likeness (QED) is 0.268. The number of carbonyl (C=O) groups excluding carboxylic acids is 3. The number of non-ortho nitro benzene ring substituents is 1. The van der Waals surface area contributed by atoms with Crippen LogP contribution in [-0.2, 0) is 9.59 Å². The van der Waals surface area contributed by atoms with E-state index in [1.165, 1.54) is 55.8 Å². The highest BCUT2D eigenvalue weighted by Gasteiger charge is 2.64. The van der Waals surface area contributed by atoms with Gasteiger partial charge in [0.05, 0.1) is 42.7 Å². The number of nitro benzene ring substituents is 1. The largest absolute Gasteiger partial charge is 0.493 e. The van der Waals surface area contributed by atoms with E-state index >= 15 is 0 Å². The summed E-state index contributed by atoms with van der Waals surface area (Å²) in [7, 11) is 2.93. The maximum absolute atomic E-state index is 13.7. The lowest BCUT2D eigenvalue weighted by atomic mass is 9.86. The van der Waals surface area contributed by atoms with Crippen LogP contribution in [0.4, 0.5) is 11.4 Å². The number of fused-ring (bicyclic) bond motifs is 3. The Hall–Kier alpha value is -4.54. The number of amides is 2. The molecule has 0 saturated carbocycles. The molecule has 2 aromatic rings. The first kappa shape index (κ1) is 22.3. The smallest absolute Gasteiger partial charge is 0.271 e. The minimum Gasteiger partial charge on any atom is -0.493 e. The van der Waals surface area contributed by atoms with E-state index in [0.29, 0.717) is 11.5 Å². The maximum atomic E-state index is 13.7. The van der Waals surface area contributed by atoms with Gasteiger partial charge in [0, 0.05) is 23.9 Å². The Balaban J connectivity index is 1.57. The molecule has 0 aliphatic carbocycles. The van der Waals surface area contributed by atoms with Crippen LogP contribution in [0.2, 0.25) is 0 Å². The summed E-state index contributed by atoms with van der Waals surface area (Å²) < 4.78 is 10.6. The number of rotatable bonds is 6. The molecular formula is C24H20N4O7. The number of ketones is 1. The highest BCUT2D eigenvalue weighted by atomic mass is 16.6. The molecule has 3 aliphatic rings. The second-order valence-corrected chi connectivity index (χ2v) is 8.24. The first-order valence-electron chi connectivity index (χ1n) is 10.7. The van der Waals surface area contributed by atoms with Crippen molar-refractivity contribution in [3.8, 4) is 11.5 Å². The van der Waals surface area contributed by atoms with Crippen molar-refractivity contribution in [1.29, 1.82) is 0 Å². The van der Waals surface area contributed by atoms with Gasteiger partial charge in [-0.1, -0.05) is 12.1 Å². The fraction of sp³-hybridized carbons (Fsp3) is 0.250. The number of nitro groups is 1. The maximum Gasteiger partial charge on any atom is 0.271 e. The summed E-state index contributed by atoms with van der Waals surface area (Å²) in [4.78, 5) is 52.4. The van der Waals surface area contributed by atoms with Crippen LogP contribution in [0.1, 0.15) is 10.4 Å². The minimum absolute atomic E-state index is 0.0933. The van der Waals surface area contributed by atoms with Crippen molar-refractivity contribution in [3.63, 3.8) is 0 Å². The zero-order valence-electron chi connectivity index (χ0n) is 18.7. The molecule has 2 amide bonds. The first-order chi connectivity index (χ1) is 16.9. The Kier molecular flexibility index (Phi) is 5.31. The van der Waals surface area contributed by atoms with Crippen LogP contribution < -0.4 is 14.4 Å². The van der Waals surface area contributed by atoms with Gasteiger partial charge in [-0.05, 0) is 30.3 Å². The van der Waals surface area contributed by atoms with Gasteiger partial charge in [0.25, 0.3) is 5.69 Å². The molecule has 3 heterocycles. The van der Waals surface area contributed by atoms with E-state index < -0.39 is 46.4 Å². The summed E-state index contributed by atoms with van der Waals surface area (Å²) in [5, 5.41) is 17.0. The molecule has 0 spiro atoms. The lowest BCUT2D eigenvalue weighted by Gasteiger charge is -2.30. The number of anilines is 1. The molecule has 0 N–H and O–H groups in total. The number of hydrogen-bond acceptors (Lipinski definition) is 9. The van der Waals surface area contributed by atoms with Crippen molar-refractivity contribution in [2.75, 3.05) is 19.1 Å². The second kappa shape index (κ2) is 8.35. The third-order valence-corrected chi connectivity index (χ3v) is 6.53. The summed E-state index contributed by atoms with van der Waals surface area (Å²) in [5.41, 5.74) is 0.114. The molecule has 2 saturated heterocycles. The highest BCUT2D eigenvalue weighted by Crippen LogP contribution is 2.46. The van der Waals surface area contributed by atoms with Crippen molar-refractivity contribution in [3.05, 3.63) is 70.3 Å². The molecule has 3 aliphatic heterocycles. The Morgan fingerprint density at radius 2 is 1.77 bits per heavy atom. The fourth-order valence-electron chi connectivity index (χ4n) is 5.00. The molecule has 5 rings (SSSR count). The van der Waals surface area contributed by atoms with Crippen molar-refractivity contribution >= 4 is 35.2 Å². The highest BCUT2D eigenvalue weighted by molar-refractivity contribution is 6.24. The van der Waals surface area contributed by atoms with Gasteiger partial charge in [0.15, 0.2) is 17.3 Å². The fourth-order valence-corrected chi connectivity index (χ4v) is 5.00. The normalized spacial score (nSPS) is 24.4. The summed E-state index contributed by atoms with van der Waals surface area (Å²) in [6.07, 6.45) is 4.89. The SMILES string of the molecule is COc1ccc(C(=O)[C@@H]2[C@@H]3C(=O)N(c4cccc([N+](=O)[O-])c4)C(=O)[C@@H]3[C@H]3C=CC=NN32)cc1OC. The van der Waals surface area contributed by atoms with Gasteiger partial charge in [0.2, 0.25) is 11.8 Å². The molecule has 2 aromatic carbocycles. The predicted octanol–water partition coefficient (Wildman–Crippen LogP) is 2.21. The van der Waals surface area contributed by atoms with E-state index in [0.717, 1.165) is 4.90 Å². The minimum atomic E-state index is -1.05. The zero-order valence-corrected chi connectivity index (χ0v) is 18.7. The van der Waals surface area contributed by atoms with Gasteiger partial charge < -0.3 is 9.47 Å². The number of hydrazone groups is 1. The molecule has 35 heavy (non-hydrogen) atoms. The number of ether oxygens (including phenoxy) is 2. The van der Waals surface area contributed by atoms with Gasteiger partial charge in [-0.15, -0.1) is 0 Å². The third-order valence-electron chi connectivity index (χ3n) is 6.53. The van der Waals surface area contributed by atoms with Crippen LogP contribution in [0.25, 0.3) is 0 Å². The van der Waals surface area contributed by atoms with Gasteiger partial charge in [-0.3, -0.25) is 29.5 Å². The summed E-state index contributed by atoms with van der Waals surface area (Å²) in [5.74, 6) is -2.64. The number of Topliss-reactive ketones (excluding diaryl/α,β-unsaturated/α-hetero) is 1. The van der Waals surface area contributed by atoms with Crippen LogP contribution in [0.3, 0.4) is 0 Å². The first-order valence-corrected chi connectivity index (χ1v) is 10.7. The lowest BCUT2D eigenvalue weighted by molar-refractivity contribution is -0.384. The van der Waals surface area contributed by atoms with Crippen molar-refractivity contribution < 1.29 is 28.8 Å². The van der Waals surface area contributed by atoms with Crippen LogP contribution in [0.15, 0.2) is 59.7 Å². The molecule has 2 fully saturated rings. The average Bonchev–Trinajstić information content (AvgIpc) is 3.35. The number of allylic oxidation sites excluding steroid dienone is 1. The zero-order chi connectivity index (χ0) is 24.9. The van der Waals surface area contributed by atoms with E-state index in [2.05, 4.69) is 5.10 Å². The Bertz CT molecular complexity index is 1320. The van der Waals surface area contributed by atoms with Gasteiger partial charge in [-0.2, -0.15) is 5.10 Å². The molecule has 0 bridgehead atoms. The van der Waals surface area contributed by atoms with Crippen molar-refractivity contribution in [2.45, 2.75) is 12.1 Å². The Morgan fingerprint density at radius 1 is 1.03 bits per heavy atom. The molecule has 4 atom stereocenters. The number of methoxy groups -OCH3 is 2. The summed E-state index contributed by atoms with van der Waals surface area (Å²) in [6, 6.07) is 8.33. The summed E-state index contributed by atoms with van der Waals surface area (Å²) in [6.45, 7) is 0. The predicted molar refractivity (Wildman–Crippen MR) is 123 cm³/mol. The molecule has 0 unspecified atom stereocenters. The van der Waals surface area contributed by atoms with Crippen molar-refractivity contribution in [2.24, 2.45) is 16.9 Å². The van der Waals surface area contributed by atoms with Crippen LogP contribution in [-0.4, -0.2) is 60.0 Å². The number of hydrogen-bond donors (Lipinski definition) is 0. The van der Waals surface area contributed by atoms with E-state index in [1.807, 2.05) is 0 Å². The standard InChI is InChI=1S/C24H20N4O7/c1-34-17-9-8-13(11-18(17)35-2)22(29)21-20-19(16-7-4-10-25-27(16)21)23(30)26(24(20)31)14-5-3-6-15(12-14)28(32)33/h3-12,16,19-21H,1-2H3/t16-,19-,20-,21+/m1/s1. The lowest BCUT2D eigenvalue weighted by Crippen LogP contribution is -2.46. The second-order valence-electron chi connectivity index (χ2n) is 8.24. The molecule has 11 nitrogen and oxygen atoms in total. The number of nitrogens with zero attached hydrogens (tertiary/aromatic N) is 4. The molecule has 11 heteroatoms. The van der Waals surface area contributed by atoms with E-state index in [-0.39, 0.29) is 16.9 Å². The molecule has 0 radical (unpaired) electrons. The topological polar surface area (TPSA) is 132 Å². The molecule has 178 valence electrons. The van der Waals surface area contributed by atoms with E-state index in [1.54, 1.807) is 24.3 Å². The van der Waals surface area contributed by atoms with E-state index in [9.17, 15) is 24.5 Å². The monoisotopic (exact) mass is 476 g/mol. The summed E-state index contributed by atoms with van der Waals surface area (Å²) >= 11 is 0. The number of benzene rings is 2. The Labute approximate surface area is 199 Å². The average molecular weight is 476 g/mol. The molecule has 0 aromatic heterocycles. The van der Waals surface area contributed by atoms with Crippen LogP contribution >= 0.6 is 0 Å². The number of imide groups is 1. The van der Waals surface area contributed by atoms with Gasteiger partial charge in [0.1, 0.15) is 6.04 Å². The van der Waals surface area contributed by atoms with E-state index in [4.69, 9.17) is 9.47 Å². The van der Waals surface area contributed by atoms with Crippen LogP contribution in [0, 0.1) is 22.0 Å².